The van der Waals surface area contributed by atoms with Crippen molar-refractivity contribution in [3.05, 3.63) is 71.3 Å². The zero-order valence-corrected chi connectivity index (χ0v) is 18.3. The van der Waals surface area contributed by atoms with Crippen molar-refractivity contribution in [1.29, 1.82) is 5.26 Å². The molecule has 1 amide bonds. The number of hydrogen-bond donors (Lipinski definition) is 2. The van der Waals surface area contributed by atoms with Crippen LogP contribution in [0.15, 0.2) is 48.7 Å². The first-order chi connectivity index (χ1) is 15.4. The fourth-order valence-corrected chi connectivity index (χ4v) is 4.55. The number of carbonyl (C=O) groups excluding carboxylic acids is 1. The van der Waals surface area contributed by atoms with E-state index in [9.17, 15) is 4.79 Å². The minimum absolute atomic E-state index is 0.0505. The maximum absolute atomic E-state index is 12.8. The van der Waals surface area contributed by atoms with Gasteiger partial charge in [0, 0.05) is 17.7 Å². The number of hydrogen-bond acceptors (Lipinski definition) is 4. The summed E-state index contributed by atoms with van der Waals surface area (Å²) in [6.07, 6.45) is 14.2. The van der Waals surface area contributed by atoms with Crippen LogP contribution in [0.2, 0.25) is 0 Å². The quantitative estimate of drug-likeness (QED) is 0.654. The Kier molecular flexibility index (Phi) is 5.07. The molecule has 0 saturated carbocycles. The van der Waals surface area contributed by atoms with Gasteiger partial charge in [0.1, 0.15) is 11.8 Å². The molecule has 6 nitrogen and oxygen atoms in total. The highest BCUT2D eigenvalue weighted by atomic mass is 16.5. The Balaban J connectivity index is 1.49. The number of anilines is 1. The van der Waals surface area contributed by atoms with Crippen LogP contribution in [0.1, 0.15) is 67.0 Å². The highest BCUT2D eigenvalue weighted by molar-refractivity contribution is 6.03. The summed E-state index contributed by atoms with van der Waals surface area (Å²) in [6, 6.07) is 8.19. The minimum Gasteiger partial charge on any atom is -0.362 e. The molecule has 0 unspecified atom stereocenters. The Bertz CT molecular complexity index is 1210. The molecule has 1 aromatic heterocycles. The highest BCUT2D eigenvalue weighted by Crippen LogP contribution is 2.41. The van der Waals surface area contributed by atoms with Gasteiger partial charge in [-0.15, -0.1) is 0 Å². The second kappa shape index (κ2) is 7.92. The molecule has 5 rings (SSSR count). The average molecular weight is 427 g/mol. The zero-order valence-electron chi connectivity index (χ0n) is 18.3. The molecule has 2 atom stereocenters. The number of imidazole rings is 1. The van der Waals surface area contributed by atoms with Gasteiger partial charge in [-0.05, 0) is 59.6 Å². The van der Waals surface area contributed by atoms with Crippen molar-refractivity contribution in [2.75, 3.05) is 5.32 Å². The van der Waals surface area contributed by atoms with Crippen molar-refractivity contribution in [1.82, 2.24) is 9.97 Å². The molecule has 0 spiro atoms. The fourth-order valence-electron chi connectivity index (χ4n) is 4.55. The molecule has 162 valence electrons. The van der Waals surface area contributed by atoms with E-state index >= 15 is 0 Å². The van der Waals surface area contributed by atoms with Crippen molar-refractivity contribution >= 4 is 22.7 Å². The van der Waals surface area contributed by atoms with Gasteiger partial charge in [0.05, 0.1) is 18.4 Å². The van der Waals surface area contributed by atoms with E-state index in [2.05, 4.69) is 65.6 Å². The Morgan fingerprint density at radius 1 is 1.31 bits per heavy atom. The lowest BCUT2D eigenvalue weighted by atomic mass is 9.76. The predicted octanol–water partition coefficient (Wildman–Crippen LogP) is 5.24. The summed E-state index contributed by atoms with van der Waals surface area (Å²) < 4.78 is 5.87. The summed E-state index contributed by atoms with van der Waals surface area (Å²) in [7, 11) is 0. The summed E-state index contributed by atoms with van der Waals surface area (Å²) in [5.41, 5.74) is 6.05. The SMILES string of the molecule is CC1(C)CC=C(c2cc(C3=C[C@@H]4C=C[C@H](C3)O4)ccc2NC(=O)c2ncc(C#N)[nH]2)CC1. The standard InChI is InChI=1S/C26H26N4O2/c1-26(2)9-7-16(8-10-26)22-13-17(18-11-20-4-5-21(12-18)32-20)3-6-23(22)30-25(31)24-28-15-19(14-27)29-24/h3-7,11,13,15,20-21H,8-10,12H2,1-2H3,(H,28,29)(H,30,31)/t20-,21+/m0/s1. The lowest BCUT2D eigenvalue weighted by Crippen LogP contribution is -2.18. The van der Waals surface area contributed by atoms with Crippen LogP contribution in [0.4, 0.5) is 5.69 Å². The zero-order chi connectivity index (χ0) is 22.3. The van der Waals surface area contributed by atoms with Crippen molar-refractivity contribution in [3.8, 4) is 6.07 Å². The van der Waals surface area contributed by atoms with Crippen LogP contribution in [0, 0.1) is 16.7 Å². The van der Waals surface area contributed by atoms with Gasteiger partial charge in [-0.2, -0.15) is 5.26 Å². The molecule has 1 aliphatic carbocycles. The molecular formula is C26H26N4O2. The van der Waals surface area contributed by atoms with Crippen LogP contribution < -0.4 is 5.32 Å². The van der Waals surface area contributed by atoms with Crippen LogP contribution in [-0.4, -0.2) is 28.1 Å². The lowest BCUT2D eigenvalue weighted by Gasteiger charge is -2.30. The molecule has 32 heavy (non-hydrogen) atoms. The van der Waals surface area contributed by atoms with Gasteiger partial charge in [0.25, 0.3) is 5.91 Å². The molecule has 2 aliphatic heterocycles. The van der Waals surface area contributed by atoms with E-state index in [4.69, 9.17) is 10.00 Å². The molecule has 3 aliphatic rings. The molecular weight excluding hydrogens is 400 g/mol. The van der Waals surface area contributed by atoms with Gasteiger partial charge in [0.15, 0.2) is 5.82 Å². The van der Waals surface area contributed by atoms with Gasteiger partial charge >= 0.3 is 0 Å². The molecule has 6 heteroatoms. The number of nitrogens with zero attached hydrogens (tertiary/aromatic N) is 2. The monoisotopic (exact) mass is 426 g/mol. The van der Waals surface area contributed by atoms with E-state index in [-0.39, 0.29) is 29.6 Å². The fraction of sp³-hybridized carbons (Fsp3) is 0.346. The number of nitriles is 1. The number of allylic oxidation sites excluding steroid dienone is 2. The molecule has 0 radical (unpaired) electrons. The van der Waals surface area contributed by atoms with E-state index < -0.39 is 0 Å². The maximum atomic E-state index is 12.8. The topological polar surface area (TPSA) is 90.8 Å². The second-order valence-corrected chi connectivity index (χ2v) is 9.49. The largest absolute Gasteiger partial charge is 0.362 e. The summed E-state index contributed by atoms with van der Waals surface area (Å²) in [4.78, 5) is 19.6. The number of rotatable bonds is 4. The van der Waals surface area contributed by atoms with Crippen molar-refractivity contribution in [3.63, 3.8) is 0 Å². The maximum Gasteiger partial charge on any atom is 0.291 e. The summed E-state index contributed by atoms with van der Waals surface area (Å²) >= 11 is 0. The number of carbonyl (C=O) groups is 1. The summed E-state index contributed by atoms with van der Waals surface area (Å²) in [5.74, 6) is -0.227. The molecule has 2 bridgehead atoms. The first-order valence-electron chi connectivity index (χ1n) is 11.0. The molecule has 1 aromatic carbocycles. The third-order valence-electron chi connectivity index (χ3n) is 6.50. The van der Waals surface area contributed by atoms with Crippen LogP contribution in [0.3, 0.4) is 0 Å². The Hall–Kier alpha value is -3.43. The van der Waals surface area contributed by atoms with E-state index in [1.165, 1.54) is 17.3 Å². The Morgan fingerprint density at radius 3 is 2.91 bits per heavy atom. The lowest BCUT2D eigenvalue weighted by molar-refractivity contribution is 0.0829. The Morgan fingerprint density at radius 2 is 2.19 bits per heavy atom. The number of benzene rings is 1. The molecule has 3 heterocycles. The van der Waals surface area contributed by atoms with Crippen LogP contribution in [0.25, 0.3) is 11.1 Å². The van der Waals surface area contributed by atoms with E-state index in [1.54, 1.807) is 0 Å². The number of amides is 1. The average Bonchev–Trinajstić information content (AvgIpc) is 3.40. The van der Waals surface area contributed by atoms with Gasteiger partial charge in [-0.25, -0.2) is 4.98 Å². The number of nitrogens with one attached hydrogen (secondary N) is 2. The normalized spacial score (nSPS) is 23.3. The van der Waals surface area contributed by atoms with E-state index in [1.807, 2.05) is 12.1 Å². The first kappa shape index (κ1) is 20.5. The number of fused-ring (bicyclic) bond motifs is 2. The number of aromatic nitrogens is 2. The predicted molar refractivity (Wildman–Crippen MR) is 124 cm³/mol. The molecule has 0 fully saturated rings. The van der Waals surface area contributed by atoms with Crippen molar-refractivity contribution < 1.29 is 9.53 Å². The smallest absolute Gasteiger partial charge is 0.291 e. The van der Waals surface area contributed by atoms with Crippen molar-refractivity contribution in [2.24, 2.45) is 5.41 Å². The van der Waals surface area contributed by atoms with Gasteiger partial charge in [-0.1, -0.05) is 38.1 Å². The number of H-pyrrole nitrogens is 1. The first-order valence-corrected chi connectivity index (χ1v) is 11.0. The van der Waals surface area contributed by atoms with Gasteiger partial charge in [-0.3, -0.25) is 4.79 Å². The molecule has 2 N–H and O–H groups in total. The summed E-state index contributed by atoms with van der Waals surface area (Å²) in [5, 5.41) is 12.0. The van der Waals surface area contributed by atoms with E-state index in [0.717, 1.165) is 42.5 Å². The number of aromatic amines is 1. The van der Waals surface area contributed by atoms with Gasteiger partial charge in [0.2, 0.25) is 0 Å². The van der Waals surface area contributed by atoms with E-state index in [0.29, 0.717) is 5.41 Å². The molecule has 0 saturated heterocycles. The summed E-state index contributed by atoms with van der Waals surface area (Å²) in [6.45, 7) is 4.58. The highest BCUT2D eigenvalue weighted by Gasteiger charge is 2.27. The number of ether oxygens (including phenoxy) is 1. The van der Waals surface area contributed by atoms with Crippen molar-refractivity contribution in [2.45, 2.75) is 51.7 Å². The van der Waals surface area contributed by atoms with Crippen LogP contribution >= 0.6 is 0 Å². The minimum atomic E-state index is -0.357. The third-order valence-corrected chi connectivity index (χ3v) is 6.50. The molecule has 2 aromatic rings. The Labute approximate surface area is 187 Å². The third kappa shape index (κ3) is 4.04. The van der Waals surface area contributed by atoms with Crippen LogP contribution in [-0.2, 0) is 4.74 Å². The van der Waals surface area contributed by atoms with Gasteiger partial charge < -0.3 is 15.0 Å². The second-order valence-electron chi connectivity index (χ2n) is 9.49. The van der Waals surface area contributed by atoms with Crippen LogP contribution in [0.5, 0.6) is 0 Å².